The Labute approximate surface area is 115 Å². The van der Waals surface area contributed by atoms with Crippen LogP contribution in [0.25, 0.3) is 0 Å². The molecule has 0 aliphatic heterocycles. The molecule has 19 heavy (non-hydrogen) atoms. The van der Waals surface area contributed by atoms with Crippen LogP contribution in [0, 0.1) is 11.8 Å². The third kappa shape index (κ3) is 5.33. The van der Waals surface area contributed by atoms with Crippen molar-refractivity contribution in [2.45, 2.75) is 64.1 Å². The summed E-state index contributed by atoms with van der Waals surface area (Å²) in [7, 11) is 0. The first kappa shape index (κ1) is 16.2. The van der Waals surface area contributed by atoms with Crippen LogP contribution in [0.3, 0.4) is 0 Å². The molecule has 0 aromatic rings. The molecule has 4 atom stereocenters. The predicted molar refractivity (Wildman–Crippen MR) is 73.8 cm³/mol. The lowest BCUT2D eigenvalue weighted by Crippen LogP contribution is -2.27. The molecule has 0 saturated heterocycles. The molecule has 1 aliphatic carbocycles. The highest BCUT2D eigenvalue weighted by atomic mass is 16.4. The number of aliphatic hydroxyl groups excluding tert-OH is 2. The normalized spacial score (nSPS) is 28.9. The molecule has 0 amide bonds. The van der Waals surface area contributed by atoms with Crippen molar-refractivity contribution in [3.05, 3.63) is 12.2 Å². The van der Waals surface area contributed by atoms with Crippen LogP contribution in [0.2, 0.25) is 0 Å². The number of hydrogen-bond donors (Lipinski definition) is 3. The SMILES string of the molecule is CCCCCCC(O)/C=C/C1CCC(O)C1C(=O)O. The predicted octanol–water partition coefficient (Wildman–Crippen LogP) is 2.35. The average molecular weight is 270 g/mol. The lowest BCUT2D eigenvalue weighted by molar-refractivity contribution is -0.145. The zero-order valence-electron chi connectivity index (χ0n) is 11.7. The van der Waals surface area contributed by atoms with Crippen molar-refractivity contribution in [1.82, 2.24) is 0 Å². The second-order valence-electron chi connectivity index (χ2n) is 5.47. The second-order valence-corrected chi connectivity index (χ2v) is 5.47. The molecule has 0 aromatic heterocycles. The van der Waals surface area contributed by atoms with Crippen molar-refractivity contribution in [3.8, 4) is 0 Å². The van der Waals surface area contributed by atoms with E-state index in [2.05, 4.69) is 6.92 Å². The first-order valence-electron chi connectivity index (χ1n) is 7.33. The Hall–Kier alpha value is -0.870. The first-order chi connectivity index (χ1) is 9.06. The van der Waals surface area contributed by atoms with E-state index < -0.39 is 24.1 Å². The van der Waals surface area contributed by atoms with Gasteiger partial charge in [0.2, 0.25) is 0 Å². The Morgan fingerprint density at radius 2 is 2.05 bits per heavy atom. The Morgan fingerprint density at radius 1 is 1.32 bits per heavy atom. The summed E-state index contributed by atoms with van der Waals surface area (Å²) in [5, 5.41) is 28.5. The third-order valence-electron chi connectivity index (χ3n) is 3.89. The van der Waals surface area contributed by atoms with Crippen LogP contribution in [0.1, 0.15) is 51.9 Å². The van der Waals surface area contributed by atoms with E-state index in [0.717, 1.165) is 19.3 Å². The number of aliphatic hydroxyl groups is 2. The van der Waals surface area contributed by atoms with Gasteiger partial charge < -0.3 is 15.3 Å². The van der Waals surface area contributed by atoms with Gasteiger partial charge in [-0.25, -0.2) is 0 Å². The molecule has 1 rings (SSSR count). The van der Waals surface area contributed by atoms with Crippen molar-refractivity contribution in [2.24, 2.45) is 11.8 Å². The summed E-state index contributed by atoms with van der Waals surface area (Å²) in [6.45, 7) is 2.15. The smallest absolute Gasteiger partial charge is 0.309 e. The van der Waals surface area contributed by atoms with Crippen molar-refractivity contribution in [3.63, 3.8) is 0 Å². The van der Waals surface area contributed by atoms with Gasteiger partial charge in [0.05, 0.1) is 18.1 Å². The Morgan fingerprint density at radius 3 is 2.68 bits per heavy atom. The fourth-order valence-corrected chi connectivity index (χ4v) is 2.72. The Bertz CT molecular complexity index is 301. The van der Waals surface area contributed by atoms with Crippen LogP contribution in [0.5, 0.6) is 0 Å². The minimum Gasteiger partial charge on any atom is -0.481 e. The third-order valence-corrected chi connectivity index (χ3v) is 3.89. The van der Waals surface area contributed by atoms with Crippen LogP contribution in [-0.2, 0) is 4.79 Å². The van der Waals surface area contributed by atoms with E-state index in [9.17, 15) is 15.0 Å². The van der Waals surface area contributed by atoms with Crippen molar-refractivity contribution in [1.29, 1.82) is 0 Å². The monoisotopic (exact) mass is 270 g/mol. The Balaban J connectivity index is 2.36. The lowest BCUT2D eigenvalue weighted by atomic mass is 9.94. The molecule has 0 bridgehead atoms. The molecule has 4 unspecified atom stereocenters. The molecule has 1 aliphatic rings. The van der Waals surface area contributed by atoms with Crippen LogP contribution in [0.4, 0.5) is 0 Å². The fourth-order valence-electron chi connectivity index (χ4n) is 2.72. The quantitative estimate of drug-likeness (QED) is 0.467. The maximum absolute atomic E-state index is 11.1. The largest absolute Gasteiger partial charge is 0.481 e. The van der Waals surface area contributed by atoms with E-state index in [4.69, 9.17) is 5.11 Å². The zero-order chi connectivity index (χ0) is 14.3. The van der Waals surface area contributed by atoms with Crippen LogP contribution >= 0.6 is 0 Å². The van der Waals surface area contributed by atoms with Gasteiger partial charge in [0.1, 0.15) is 0 Å². The highest BCUT2D eigenvalue weighted by Gasteiger charge is 2.38. The molecule has 0 spiro atoms. The van der Waals surface area contributed by atoms with E-state index in [1.807, 2.05) is 0 Å². The minimum atomic E-state index is -0.947. The summed E-state index contributed by atoms with van der Waals surface area (Å²) in [6.07, 6.45) is 8.64. The van der Waals surface area contributed by atoms with Gasteiger partial charge in [0.25, 0.3) is 0 Å². The molecule has 0 aromatic carbocycles. The van der Waals surface area contributed by atoms with E-state index in [0.29, 0.717) is 12.8 Å². The van der Waals surface area contributed by atoms with Crippen LogP contribution in [0.15, 0.2) is 12.2 Å². The first-order valence-corrected chi connectivity index (χ1v) is 7.33. The highest BCUT2D eigenvalue weighted by molar-refractivity contribution is 5.72. The molecule has 110 valence electrons. The summed E-state index contributed by atoms with van der Waals surface area (Å²) < 4.78 is 0. The zero-order valence-corrected chi connectivity index (χ0v) is 11.7. The van der Waals surface area contributed by atoms with E-state index in [1.54, 1.807) is 12.2 Å². The topological polar surface area (TPSA) is 77.8 Å². The molecule has 0 heterocycles. The molecule has 3 N–H and O–H groups in total. The summed E-state index contributed by atoms with van der Waals surface area (Å²) in [4.78, 5) is 11.1. The summed E-state index contributed by atoms with van der Waals surface area (Å²) in [6, 6.07) is 0. The number of carboxylic acid groups (broad SMARTS) is 1. The van der Waals surface area contributed by atoms with E-state index >= 15 is 0 Å². The fraction of sp³-hybridized carbons (Fsp3) is 0.800. The van der Waals surface area contributed by atoms with E-state index in [-0.39, 0.29) is 5.92 Å². The number of aliphatic carboxylic acids is 1. The molecule has 0 radical (unpaired) electrons. The minimum absolute atomic E-state index is 0.155. The Kier molecular flexibility index (Phi) is 7.10. The van der Waals surface area contributed by atoms with Crippen molar-refractivity contribution >= 4 is 5.97 Å². The van der Waals surface area contributed by atoms with Gasteiger partial charge in [-0.3, -0.25) is 4.79 Å². The van der Waals surface area contributed by atoms with Crippen LogP contribution in [-0.4, -0.2) is 33.5 Å². The molecular weight excluding hydrogens is 244 g/mol. The van der Waals surface area contributed by atoms with Crippen molar-refractivity contribution < 1.29 is 20.1 Å². The number of allylic oxidation sites excluding steroid dienone is 1. The van der Waals surface area contributed by atoms with Gasteiger partial charge in [0, 0.05) is 0 Å². The molecule has 4 heteroatoms. The number of rotatable bonds is 8. The molecule has 1 fully saturated rings. The number of hydrogen-bond acceptors (Lipinski definition) is 3. The van der Waals surface area contributed by atoms with Gasteiger partial charge in [0.15, 0.2) is 0 Å². The van der Waals surface area contributed by atoms with Gasteiger partial charge in [-0.2, -0.15) is 0 Å². The molecule has 1 saturated carbocycles. The summed E-state index contributed by atoms with van der Waals surface area (Å²) in [5.74, 6) is -1.82. The van der Waals surface area contributed by atoms with E-state index in [1.165, 1.54) is 12.8 Å². The highest BCUT2D eigenvalue weighted by Crippen LogP contribution is 2.33. The lowest BCUT2D eigenvalue weighted by Gasteiger charge is -2.15. The molecular formula is C15H26O4. The summed E-state index contributed by atoms with van der Waals surface area (Å²) in [5.41, 5.74) is 0. The summed E-state index contributed by atoms with van der Waals surface area (Å²) >= 11 is 0. The maximum atomic E-state index is 11.1. The van der Waals surface area contributed by atoms with Gasteiger partial charge in [-0.05, 0) is 25.2 Å². The van der Waals surface area contributed by atoms with Gasteiger partial charge in [-0.15, -0.1) is 0 Å². The van der Waals surface area contributed by atoms with Crippen LogP contribution < -0.4 is 0 Å². The maximum Gasteiger partial charge on any atom is 0.309 e. The number of unbranched alkanes of at least 4 members (excludes halogenated alkanes) is 3. The van der Waals surface area contributed by atoms with Gasteiger partial charge in [-0.1, -0.05) is 44.8 Å². The number of carbonyl (C=O) groups is 1. The number of carboxylic acids is 1. The average Bonchev–Trinajstić information content (AvgIpc) is 2.73. The standard InChI is InChI=1S/C15H26O4/c1-2-3-4-5-6-12(16)9-7-11-8-10-13(17)14(11)15(18)19/h7,9,11-14,16-17H,2-6,8,10H2,1H3,(H,18,19)/b9-7+. The molecule has 4 nitrogen and oxygen atoms in total. The van der Waals surface area contributed by atoms with Crippen molar-refractivity contribution in [2.75, 3.05) is 0 Å². The second kappa shape index (κ2) is 8.33. The van der Waals surface area contributed by atoms with Gasteiger partial charge >= 0.3 is 5.97 Å².